The average Bonchev–Trinajstić information content (AvgIpc) is 3.22. The van der Waals surface area contributed by atoms with Crippen LogP contribution in [0.4, 0.5) is 10.1 Å². The van der Waals surface area contributed by atoms with Crippen LogP contribution in [0.1, 0.15) is 26.2 Å². The van der Waals surface area contributed by atoms with Gasteiger partial charge in [-0.25, -0.2) is 14.2 Å². The molecule has 26 heavy (non-hydrogen) atoms. The summed E-state index contributed by atoms with van der Waals surface area (Å²) in [5, 5.41) is 6.37. The summed E-state index contributed by atoms with van der Waals surface area (Å²) in [6.45, 7) is 4.84. The molecule has 2 fully saturated rings. The van der Waals surface area contributed by atoms with Gasteiger partial charge in [-0.3, -0.25) is 4.90 Å². The van der Waals surface area contributed by atoms with Crippen LogP contribution in [0, 0.1) is 11.7 Å². The number of anilines is 1. The lowest BCUT2D eigenvalue weighted by Gasteiger charge is -2.48. The van der Waals surface area contributed by atoms with Gasteiger partial charge in [0, 0.05) is 19.0 Å². The van der Waals surface area contributed by atoms with Gasteiger partial charge in [0.15, 0.2) is 5.71 Å². The first-order valence-electron chi connectivity index (χ1n) is 9.31. The van der Waals surface area contributed by atoms with Crippen molar-refractivity contribution in [1.29, 1.82) is 0 Å². The number of fused-ring (bicyclic) bond motifs is 1. The predicted octanol–water partition coefficient (Wildman–Crippen LogP) is 2.39. The molecule has 1 saturated heterocycles. The molecule has 0 bridgehead atoms. The Bertz CT molecular complexity index is 720. The zero-order valence-corrected chi connectivity index (χ0v) is 15.0. The Morgan fingerprint density at radius 2 is 2.15 bits per heavy atom. The van der Waals surface area contributed by atoms with Crippen LogP contribution in [0.15, 0.2) is 29.4 Å². The minimum atomic E-state index is -0.520. The molecular weight excluding hydrogens is 337 g/mol. The van der Waals surface area contributed by atoms with E-state index in [-0.39, 0.29) is 11.7 Å². The maximum absolute atomic E-state index is 14.6. The largest absolute Gasteiger partial charge is 0.461 e. The van der Waals surface area contributed by atoms with Crippen molar-refractivity contribution in [2.45, 2.75) is 31.8 Å². The van der Waals surface area contributed by atoms with Gasteiger partial charge in [0.05, 0.1) is 25.5 Å². The number of hydrogen-bond donors (Lipinski definition) is 0. The molecule has 1 aromatic rings. The van der Waals surface area contributed by atoms with Gasteiger partial charge >= 0.3 is 5.97 Å². The van der Waals surface area contributed by atoms with Crippen molar-refractivity contribution < 1.29 is 18.7 Å². The molecule has 0 amide bonds. The van der Waals surface area contributed by atoms with E-state index in [1.54, 1.807) is 30.1 Å². The van der Waals surface area contributed by atoms with Gasteiger partial charge in [-0.1, -0.05) is 12.1 Å². The second-order valence-corrected chi connectivity index (χ2v) is 6.89. The molecule has 3 aliphatic rings. The quantitative estimate of drug-likeness (QED) is 0.771. The Labute approximate surface area is 152 Å². The molecule has 0 aromatic heterocycles. The van der Waals surface area contributed by atoms with Crippen molar-refractivity contribution in [3.05, 3.63) is 30.1 Å². The second-order valence-electron chi connectivity index (χ2n) is 6.89. The lowest BCUT2D eigenvalue weighted by Crippen LogP contribution is -2.62. The molecule has 2 aliphatic heterocycles. The third-order valence-corrected chi connectivity index (χ3v) is 5.62. The Kier molecular flexibility index (Phi) is 4.67. The van der Waals surface area contributed by atoms with Crippen LogP contribution in [0.25, 0.3) is 0 Å². The van der Waals surface area contributed by atoms with Crippen LogP contribution in [0.2, 0.25) is 0 Å². The van der Waals surface area contributed by atoms with Crippen LogP contribution in [0.3, 0.4) is 0 Å². The molecule has 2 heterocycles. The van der Waals surface area contributed by atoms with Gasteiger partial charge in [0.2, 0.25) is 0 Å². The lowest BCUT2D eigenvalue weighted by molar-refractivity contribution is -0.135. The molecule has 0 unspecified atom stereocenters. The SMILES string of the molecule is CCOC(=O)C1=NN(c2ccccc2F)[C@]2(N3CCOCC3)CCC[C@H]12. The van der Waals surface area contributed by atoms with Crippen molar-refractivity contribution in [3.63, 3.8) is 0 Å². The van der Waals surface area contributed by atoms with Crippen molar-refractivity contribution in [3.8, 4) is 0 Å². The van der Waals surface area contributed by atoms with E-state index in [1.165, 1.54) is 6.07 Å². The topological polar surface area (TPSA) is 54.4 Å². The number of hydrazone groups is 1. The van der Waals surface area contributed by atoms with Crippen LogP contribution in [-0.4, -0.2) is 55.2 Å². The van der Waals surface area contributed by atoms with Crippen molar-refractivity contribution >= 4 is 17.4 Å². The highest BCUT2D eigenvalue weighted by Gasteiger charge is 2.60. The number of hydrogen-bond acceptors (Lipinski definition) is 6. The predicted molar refractivity (Wildman–Crippen MR) is 95.4 cm³/mol. The zero-order chi connectivity index (χ0) is 18.1. The maximum Gasteiger partial charge on any atom is 0.354 e. The monoisotopic (exact) mass is 361 g/mol. The molecule has 4 rings (SSSR count). The van der Waals surface area contributed by atoms with E-state index in [0.717, 1.165) is 32.4 Å². The Balaban J connectivity index is 1.81. The summed E-state index contributed by atoms with van der Waals surface area (Å²) >= 11 is 0. The molecule has 0 spiro atoms. The molecule has 0 N–H and O–H groups in total. The molecule has 6 nitrogen and oxygen atoms in total. The second kappa shape index (κ2) is 6.96. The van der Waals surface area contributed by atoms with Gasteiger partial charge in [0.25, 0.3) is 0 Å². The number of carbonyl (C=O) groups excluding carboxylic acids is 1. The maximum atomic E-state index is 14.6. The van der Waals surface area contributed by atoms with Gasteiger partial charge < -0.3 is 9.47 Å². The van der Waals surface area contributed by atoms with E-state index in [0.29, 0.717) is 31.2 Å². The summed E-state index contributed by atoms with van der Waals surface area (Å²) < 4.78 is 25.4. The highest BCUT2D eigenvalue weighted by Crippen LogP contribution is 2.50. The van der Waals surface area contributed by atoms with E-state index in [1.807, 2.05) is 0 Å². The minimum absolute atomic E-state index is 0.0840. The summed E-state index contributed by atoms with van der Waals surface area (Å²) in [6.07, 6.45) is 2.64. The first kappa shape index (κ1) is 17.4. The van der Waals surface area contributed by atoms with Gasteiger partial charge in [-0.05, 0) is 38.3 Å². The van der Waals surface area contributed by atoms with Gasteiger partial charge in [0.1, 0.15) is 11.5 Å². The third-order valence-electron chi connectivity index (χ3n) is 5.62. The summed E-state index contributed by atoms with van der Waals surface area (Å²) in [5.74, 6) is -0.810. The van der Waals surface area contributed by atoms with Gasteiger partial charge in [-0.15, -0.1) is 0 Å². The Morgan fingerprint density at radius 3 is 2.88 bits per heavy atom. The summed E-state index contributed by atoms with van der Waals surface area (Å²) in [4.78, 5) is 14.9. The third kappa shape index (κ3) is 2.61. The molecule has 0 radical (unpaired) electrons. The Hall–Kier alpha value is -1.99. The number of para-hydroxylation sites is 1. The van der Waals surface area contributed by atoms with E-state index < -0.39 is 11.6 Å². The molecule has 2 atom stereocenters. The van der Waals surface area contributed by atoms with E-state index in [9.17, 15) is 9.18 Å². The molecule has 1 aromatic carbocycles. The molecule has 7 heteroatoms. The first-order valence-corrected chi connectivity index (χ1v) is 9.31. The number of morpholine rings is 1. The van der Waals surface area contributed by atoms with Crippen molar-refractivity contribution in [1.82, 2.24) is 4.90 Å². The fourth-order valence-corrected chi connectivity index (χ4v) is 4.58. The molecule has 1 saturated carbocycles. The highest BCUT2D eigenvalue weighted by atomic mass is 19.1. The molecule has 1 aliphatic carbocycles. The standard InChI is InChI=1S/C19H24FN3O3/c1-2-26-18(24)17-14-6-5-9-19(14,22-10-12-25-13-11-22)23(21-17)16-8-4-3-7-15(16)20/h3-4,7-8,14H,2,5-6,9-13H2,1H3/t14-,19-/m1/s1. The number of esters is 1. The number of benzene rings is 1. The molecular formula is C19H24FN3O3. The van der Waals surface area contributed by atoms with Crippen molar-refractivity contribution in [2.75, 3.05) is 37.9 Å². The van der Waals surface area contributed by atoms with Crippen LogP contribution in [0.5, 0.6) is 0 Å². The fraction of sp³-hybridized carbons (Fsp3) is 0.579. The van der Waals surface area contributed by atoms with Crippen molar-refractivity contribution in [2.24, 2.45) is 11.0 Å². The minimum Gasteiger partial charge on any atom is -0.461 e. The number of rotatable bonds is 4. The zero-order valence-electron chi connectivity index (χ0n) is 15.0. The van der Waals surface area contributed by atoms with Crippen LogP contribution >= 0.6 is 0 Å². The summed E-state index contributed by atoms with van der Waals surface area (Å²) in [6, 6.07) is 6.63. The summed E-state index contributed by atoms with van der Waals surface area (Å²) in [7, 11) is 0. The van der Waals surface area contributed by atoms with E-state index in [4.69, 9.17) is 9.47 Å². The lowest BCUT2D eigenvalue weighted by atomic mass is 9.89. The van der Waals surface area contributed by atoms with E-state index in [2.05, 4.69) is 10.0 Å². The normalized spacial score (nSPS) is 28.8. The van der Waals surface area contributed by atoms with Gasteiger partial charge in [-0.2, -0.15) is 5.10 Å². The Morgan fingerprint density at radius 1 is 1.38 bits per heavy atom. The molecule has 140 valence electrons. The number of ether oxygens (including phenoxy) is 2. The number of halogens is 1. The smallest absolute Gasteiger partial charge is 0.354 e. The first-order chi connectivity index (χ1) is 12.7. The highest BCUT2D eigenvalue weighted by molar-refractivity contribution is 6.38. The number of nitrogens with zero attached hydrogens (tertiary/aromatic N) is 3. The van der Waals surface area contributed by atoms with Crippen LogP contribution in [-0.2, 0) is 14.3 Å². The number of carbonyl (C=O) groups is 1. The average molecular weight is 361 g/mol. The summed E-state index contributed by atoms with van der Waals surface area (Å²) in [5.41, 5.74) is 0.304. The fourth-order valence-electron chi connectivity index (χ4n) is 4.58. The van der Waals surface area contributed by atoms with Crippen LogP contribution < -0.4 is 5.01 Å². The van der Waals surface area contributed by atoms with E-state index >= 15 is 0 Å².